The standard InChI is InChI=1S/C67H110NO8P/c1-3-5-7-9-11-13-15-17-19-21-23-25-26-27-28-29-30-31-32-33-34-35-36-37-38-40-42-44-46-48-50-52-54-56-58-60-67(70)76-65(64-75-77(71,72)74-62-61-68)63-73-66(69)59-57-55-53-51-49-47-45-43-41-39-24-22-20-18-16-14-12-10-8-6-4-2/h5,7,11,13,16-19,22-25,27-28,30-31,33-34,36-37,40,42,46,48,65H,3-4,6,8-10,12,14-15,20-21,26,29,32,35,38-39,41,43-45,47,49-64,68H2,1-2H3,(H,71,72)/b7-5-,13-11-,18-16-,19-17-,24-22-,25-23-,28-27-,31-30-,34-33-,37-36-,42-40-,48-46-. The summed E-state index contributed by atoms with van der Waals surface area (Å²) in [4.78, 5) is 35.2. The van der Waals surface area contributed by atoms with Gasteiger partial charge in [0.05, 0.1) is 13.2 Å². The van der Waals surface area contributed by atoms with Crippen molar-refractivity contribution in [3.8, 4) is 0 Å². The van der Waals surface area contributed by atoms with Crippen LogP contribution in [-0.4, -0.2) is 49.3 Å². The first kappa shape index (κ1) is 72.9. The lowest BCUT2D eigenvalue weighted by Crippen LogP contribution is -2.29. The van der Waals surface area contributed by atoms with Crippen LogP contribution in [0.2, 0.25) is 0 Å². The molecule has 0 saturated heterocycles. The highest BCUT2D eigenvalue weighted by Crippen LogP contribution is 2.43. The minimum absolute atomic E-state index is 0.0405. The Morgan fingerprint density at radius 1 is 0.403 bits per heavy atom. The van der Waals surface area contributed by atoms with Crippen molar-refractivity contribution in [1.82, 2.24) is 0 Å². The molecule has 0 aromatic heterocycles. The van der Waals surface area contributed by atoms with Crippen molar-refractivity contribution in [1.29, 1.82) is 0 Å². The van der Waals surface area contributed by atoms with Gasteiger partial charge in [-0.05, 0) is 122 Å². The van der Waals surface area contributed by atoms with Gasteiger partial charge < -0.3 is 20.1 Å². The van der Waals surface area contributed by atoms with E-state index in [-0.39, 0.29) is 32.6 Å². The second-order valence-electron chi connectivity index (χ2n) is 19.5. The van der Waals surface area contributed by atoms with E-state index in [1.54, 1.807) is 0 Å². The van der Waals surface area contributed by atoms with Gasteiger partial charge in [0.25, 0.3) is 0 Å². The van der Waals surface area contributed by atoms with Crippen LogP contribution in [0, 0.1) is 0 Å². The van der Waals surface area contributed by atoms with Gasteiger partial charge in [0, 0.05) is 19.4 Å². The van der Waals surface area contributed by atoms with Crippen LogP contribution in [0.15, 0.2) is 146 Å². The molecular formula is C67H110NO8P. The zero-order valence-electron chi connectivity index (χ0n) is 48.6. The van der Waals surface area contributed by atoms with Crippen molar-refractivity contribution in [2.24, 2.45) is 5.73 Å². The number of phosphoric ester groups is 1. The first-order valence-corrected chi connectivity index (χ1v) is 31.8. The van der Waals surface area contributed by atoms with Crippen molar-refractivity contribution < 1.29 is 37.6 Å². The molecule has 0 spiro atoms. The molecule has 0 aliphatic carbocycles. The maximum Gasteiger partial charge on any atom is 0.472 e. The summed E-state index contributed by atoms with van der Waals surface area (Å²) in [5.41, 5.74) is 5.38. The van der Waals surface area contributed by atoms with Crippen molar-refractivity contribution >= 4 is 19.8 Å². The molecule has 0 amide bonds. The molecule has 3 N–H and O–H groups in total. The third kappa shape index (κ3) is 61.0. The van der Waals surface area contributed by atoms with Crippen molar-refractivity contribution in [2.45, 2.75) is 238 Å². The van der Waals surface area contributed by atoms with Gasteiger partial charge in [0.15, 0.2) is 6.10 Å². The highest BCUT2D eigenvalue weighted by molar-refractivity contribution is 7.47. The topological polar surface area (TPSA) is 134 Å². The highest BCUT2D eigenvalue weighted by Gasteiger charge is 2.26. The third-order valence-electron chi connectivity index (χ3n) is 12.2. The molecule has 0 saturated carbocycles. The van der Waals surface area contributed by atoms with E-state index in [9.17, 15) is 19.0 Å². The Labute approximate surface area is 471 Å². The molecule has 0 radical (unpaired) electrons. The zero-order chi connectivity index (χ0) is 55.9. The number of phosphoric acid groups is 1. The molecule has 0 aliphatic heterocycles. The van der Waals surface area contributed by atoms with Crippen molar-refractivity contribution in [3.05, 3.63) is 146 Å². The molecule has 0 heterocycles. The number of ether oxygens (including phenoxy) is 2. The fourth-order valence-corrected chi connectivity index (χ4v) is 8.52. The first-order valence-electron chi connectivity index (χ1n) is 30.3. The average Bonchev–Trinajstić information content (AvgIpc) is 3.42. The quantitative estimate of drug-likeness (QED) is 0.0264. The lowest BCUT2D eigenvalue weighted by Gasteiger charge is -2.19. The van der Waals surface area contributed by atoms with Gasteiger partial charge in [-0.1, -0.05) is 243 Å². The smallest absolute Gasteiger partial charge is 0.462 e. The molecule has 2 atom stereocenters. The Hall–Kier alpha value is -4.11. The summed E-state index contributed by atoms with van der Waals surface area (Å²) >= 11 is 0. The zero-order valence-corrected chi connectivity index (χ0v) is 49.5. The number of hydrogen-bond acceptors (Lipinski definition) is 8. The van der Waals surface area contributed by atoms with Gasteiger partial charge >= 0.3 is 19.8 Å². The Balaban J connectivity index is 4.09. The van der Waals surface area contributed by atoms with Crippen LogP contribution in [-0.2, 0) is 32.7 Å². The van der Waals surface area contributed by atoms with Crippen LogP contribution >= 0.6 is 7.82 Å². The number of unbranched alkanes of at least 4 members (excludes halogenated alkanes) is 18. The maximum atomic E-state index is 12.7. The Kier molecular flexibility index (Phi) is 57.8. The summed E-state index contributed by atoms with van der Waals surface area (Å²) in [6.45, 7) is 3.57. The van der Waals surface area contributed by atoms with E-state index in [2.05, 4.69) is 160 Å². The molecule has 0 aliphatic rings. The maximum absolute atomic E-state index is 12.7. The number of esters is 2. The molecule has 0 aromatic carbocycles. The lowest BCUT2D eigenvalue weighted by atomic mass is 10.1. The van der Waals surface area contributed by atoms with E-state index in [0.717, 1.165) is 128 Å². The van der Waals surface area contributed by atoms with Gasteiger partial charge in [-0.15, -0.1) is 0 Å². The molecule has 0 rings (SSSR count). The van der Waals surface area contributed by atoms with E-state index in [1.165, 1.54) is 70.6 Å². The normalized spacial score (nSPS) is 14.1. The second kappa shape index (κ2) is 61.1. The fourth-order valence-electron chi connectivity index (χ4n) is 7.75. The van der Waals surface area contributed by atoms with Gasteiger partial charge in [-0.3, -0.25) is 18.6 Å². The molecule has 10 heteroatoms. The predicted octanol–water partition coefficient (Wildman–Crippen LogP) is 19.5. The molecule has 0 aromatic rings. The van der Waals surface area contributed by atoms with Crippen LogP contribution in [0.25, 0.3) is 0 Å². The molecule has 77 heavy (non-hydrogen) atoms. The minimum atomic E-state index is -4.41. The van der Waals surface area contributed by atoms with E-state index in [1.807, 2.05) is 0 Å². The van der Waals surface area contributed by atoms with E-state index < -0.39 is 32.5 Å². The van der Waals surface area contributed by atoms with Crippen LogP contribution in [0.5, 0.6) is 0 Å². The molecular weight excluding hydrogens is 978 g/mol. The number of hydrogen-bond donors (Lipinski definition) is 2. The molecule has 0 fully saturated rings. The summed E-state index contributed by atoms with van der Waals surface area (Å²) in [5.74, 6) is -0.871. The van der Waals surface area contributed by atoms with Crippen molar-refractivity contribution in [2.75, 3.05) is 26.4 Å². The monoisotopic (exact) mass is 1090 g/mol. The minimum Gasteiger partial charge on any atom is -0.462 e. The fraction of sp³-hybridized carbons (Fsp3) is 0.612. The average molecular weight is 1090 g/mol. The van der Waals surface area contributed by atoms with E-state index in [0.29, 0.717) is 6.42 Å². The predicted molar refractivity (Wildman–Crippen MR) is 330 cm³/mol. The van der Waals surface area contributed by atoms with Crippen LogP contribution < -0.4 is 5.73 Å². The number of allylic oxidation sites excluding steroid dienone is 24. The van der Waals surface area contributed by atoms with Gasteiger partial charge in [-0.2, -0.15) is 0 Å². The second-order valence-corrected chi connectivity index (χ2v) is 20.9. The Bertz CT molecular complexity index is 1770. The van der Waals surface area contributed by atoms with Crippen LogP contribution in [0.4, 0.5) is 0 Å². The van der Waals surface area contributed by atoms with Gasteiger partial charge in [0.1, 0.15) is 6.61 Å². The number of carbonyl (C=O) groups is 2. The van der Waals surface area contributed by atoms with E-state index in [4.69, 9.17) is 24.3 Å². The van der Waals surface area contributed by atoms with Crippen molar-refractivity contribution in [3.63, 3.8) is 0 Å². The summed E-state index contributed by atoms with van der Waals surface area (Å²) in [6.07, 6.45) is 87.6. The largest absolute Gasteiger partial charge is 0.472 e. The van der Waals surface area contributed by atoms with Gasteiger partial charge in [-0.25, -0.2) is 4.57 Å². The summed E-state index contributed by atoms with van der Waals surface area (Å²) in [6, 6.07) is 0. The van der Waals surface area contributed by atoms with Gasteiger partial charge in [0.2, 0.25) is 0 Å². The third-order valence-corrected chi connectivity index (χ3v) is 13.2. The SMILES string of the molecule is CC/C=C\C/C=C\C/C=C\C/C=C\C/C=C\C/C=C\C/C=C\C/C=C\C/C=C\C/C=C\CCCCCCC(=O)OC(COC(=O)CCCCCCCCCCC/C=C\C/C=C\CCCCCCC)COP(=O)(O)OCCN. The Morgan fingerprint density at radius 2 is 0.714 bits per heavy atom. The molecule has 9 nitrogen and oxygen atoms in total. The Morgan fingerprint density at radius 3 is 1.06 bits per heavy atom. The number of rotatable bonds is 55. The molecule has 2 unspecified atom stereocenters. The molecule has 436 valence electrons. The number of nitrogens with two attached hydrogens (primary N) is 1. The van der Waals surface area contributed by atoms with Crippen LogP contribution in [0.3, 0.4) is 0 Å². The number of carbonyl (C=O) groups excluding carboxylic acids is 2. The van der Waals surface area contributed by atoms with E-state index >= 15 is 0 Å². The summed E-state index contributed by atoms with van der Waals surface area (Å²) in [5, 5.41) is 0. The first-order chi connectivity index (χ1) is 37.8. The summed E-state index contributed by atoms with van der Waals surface area (Å²) < 4.78 is 33.0. The molecule has 0 bridgehead atoms. The highest BCUT2D eigenvalue weighted by atomic mass is 31.2. The lowest BCUT2D eigenvalue weighted by molar-refractivity contribution is -0.161. The summed E-state index contributed by atoms with van der Waals surface area (Å²) in [7, 11) is -4.41. The van der Waals surface area contributed by atoms with Crippen LogP contribution in [0.1, 0.15) is 232 Å².